The van der Waals surface area contributed by atoms with Gasteiger partial charge in [0.2, 0.25) is 17.7 Å². The Balaban J connectivity index is 1.70. The third-order valence-electron chi connectivity index (χ3n) is 7.13. The van der Waals surface area contributed by atoms with Crippen LogP contribution >= 0.6 is 11.8 Å². The first-order valence-corrected chi connectivity index (χ1v) is 11.9. The summed E-state index contributed by atoms with van der Waals surface area (Å²) in [7, 11) is 1.61. The number of carbonyl (C=O) groups excluding carboxylic acids is 3. The number of hydrogen-bond acceptors (Lipinski definition) is 5. The number of fused-ring (bicyclic) bond motifs is 1. The van der Waals surface area contributed by atoms with Crippen LogP contribution in [0.5, 0.6) is 0 Å². The van der Waals surface area contributed by atoms with Crippen LogP contribution in [0.15, 0.2) is 18.2 Å². The number of amides is 3. The van der Waals surface area contributed by atoms with Gasteiger partial charge in [0.25, 0.3) is 0 Å². The van der Waals surface area contributed by atoms with Crippen molar-refractivity contribution in [3.63, 3.8) is 0 Å². The van der Waals surface area contributed by atoms with Crippen LogP contribution in [0.3, 0.4) is 0 Å². The van der Waals surface area contributed by atoms with Crippen molar-refractivity contribution in [3.8, 4) is 0 Å². The van der Waals surface area contributed by atoms with Crippen LogP contribution in [0, 0.1) is 25.7 Å². The van der Waals surface area contributed by atoms with Gasteiger partial charge in [0, 0.05) is 31.1 Å². The largest absolute Gasteiger partial charge is 0.396 e. The average Bonchev–Trinajstić information content (AvgIpc) is 3.38. The number of thioether (sulfide) groups is 1. The number of aliphatic hydroxyl groups is 1. The maximum Gasteiger partial charge on any atom is 0.248 e. The van der Waals surface area contributed by atoms with Crippen LogP contribution in [-0.4, -0.2) is 64.0 Å². The molecule has 2 unspecified atom stereocenters. The molecule has 3 fully saturated rings. The molecule has 1 aromatic rings. The molecule has 8 heteroatoms. The van der Waals surface area contributed by atoms with Crippen LogP contribution in [-0.2, 0) is 14.4 Å². The first-order valence-electron chi connectivity index (χ1n) is 11.0. The average molecular weight is 446 g/mol. The van der Waals surface area contributed by atoms with E-state index in [0.717, 1.165) is 29.7 Å². The van der Waals surface area contributed by atoms with Gasteiger partial charge in [-0.1, -0.05) is 18.2 Å². The monoisotopic (exact) mass is 445 g/mol. The summed E-state index contributed by atoms with van der Waals surface area (Å²) >= 11 is 1.67. The maximum absolute atomic E-state index is 13.7. The van der Waals surface area contributed by atoms with E-state index in [1.807, 2.05) is 32.0 Å². The highest BCUT2D eigenvalue weighted by atomic mass is 32.2. The molecule has 3 N–H and O–H groups in total. The van der Waals surface area contributed by atoms with Crippen LogP contribution in [0.2, 0.25) is 0 Å². The van der Waals surface area contributed by atoms with E-state index in [1.54, 1.807) is 23.7 Å². The van der Waals surface area contributed by atoms with Crippen molar-refractivity contribution in [3.05, 3.63) is 29.3 Å². The van der Waals surface area contributed by atoms with Gasteiger partial charge in [0.1, 0.15) is 6.04 Å². The van der Waals surface area contributed by atoms with Gasteiger partial charge in [-0.25, -0.2) is 0 Å². The second-order valence-electron chi connectivity index (χ2n) is 8.89. The van der Waals surface area contributed by atoms with Crippen molar-refractivity contribution in [2.75, 3.05) is 25.5 Å². The number of likely N-dealkylation sites (tertiary alicyclic amines) is 1. The Bertz CT molecular complexity index is 887. The summed E-state index contributed by atoms with van der Waals surface area (Å²) < 4.78 is -0.571. The molecule has 3 aliphatic rings. The predicted octanol–water partition coefficient (Wildman–Crippen LogP) is 1.85. The van der Waals surface area contributed by atoms with E-state index in [9.17, 15) is 19.5 Å². The zero-order valence-corrected chi connectivity index (χ0v) is 19.1. The molecule has 7 nitrogen and oxygen atoms in total. The van der Waals surface area contributed by atoms with E-state index in [4.69, 9.17) is 0 Å². The quantitative estimate of drug-likeness (QED) is 0.557. The number of unbranched alkanes of at least 4 members (excludes halogenated alkanes) is 1. The molecule has 3 amide bonds. The smallest absolute Gasteiger partial charge is 0.248 e. The minimum absolute atomic E-state index is 0.0492. The van der Waals surface area contributed by atoms with Gasteiger partial charge in [0.15, 0.2) is 0 Å². The van der Waals surface area contributed by atoms with Gasteiger partial charge in [-0.05, 0) is 50.7 Å². The SMILES string of the molecule is CNC(=O)[C@@H]1[C@@H]2CCC3(S2)C(C(=O)Nc2c(C)cccc2C)N(CCCCO)C(=O)[C@H]13. The van der Waals surface area contributed by atoms with E-state index in [2.05, 4.69) is 10.6 Å². The van der Waals surface area contributed by atoms with E-state index in [0.29, 0.717) is 19.4 Å². The Morgan fingerprint density at radius 1 is 1.23 bits per heavy atom. The molecule has 2 bridgehead atoms. The van der Waals surface area contributed by atoms with Crippen LogP contribution in [0.25, 0.3) is 0 Å². The topological polar surface area (TPSA) is 98.7 Å². The third-order valence-corrected chi connectivity index (χ3v) is 9.09. The first kappa shape index (κ1) is 22.1. The van der Waals surface area contributed by atoms with Crippen molar-refractivity contribution in [2.24, 2.45) is 11.8 Å². The molecule has 0 aliphatic carbocycles. The Labute approximate surface area is 187 Å². The Morgan fingerprint density at radius 3 is 2.58 bits per heavy atom. The molecule has 1 spiro atoms. The second-order valence-corrected chi connectivity index (χ2v) is 10.5. The van der Waals surface area contributed by atoms with Gasteiger partial charge >= 0.3 is 0 Å². The molecule has 0 aromatic heterocycles. The summed E-state index contributed by atoms with van der Waals surface area (Å²) in [6.07, 6.45) is 2.79. The Kier molecular flexibility index (Phi) is 6.05. The zero-order chi connectivity index (χ0) is 22.3. The summed E-state index contributed by atoms with van der Waals surface area (Å²) in [6, 6.07) is 5.25. The minimum atomic E-state index is -0.618. The van der Waals surface area contributed by atoms with E-state index in [-0.39, 0.29) is 29.6 Å². The molecule has 0 radical (unpaired) electrons. The lowest BCUT2D eigenvalue weighted by atomic mass is 9.70. The molecule has 3 aliphatic heterocycles. The summed E-state index contributed by atoms with van der Waals surface area (Å²) in [4.78, 5) is 41.7. The van der Waals surface area contributed by atoms with Gasteiger partial charge in [0.05, 0.1) is 16.6 Å². The summed E-state index contributed by atoms with van der Waals surface area (Å²) in [5, 5.41) is 15.1. The van der Waals surface area contributed by atoms with Crippen molar-refractivity contribution >= 4 is 35.2 Å². The Morgan fingerprint density at radius 2 is 1.94 bits per heavy atom. The maximum atomic E-state index is 13.7. The van der Waals surface area contributed by atoms with Crippen molar-refractivity contribution in [2.45, 2.75) is 55.6 Å². The number of rotatable bonds is 7. The number of nitrogens with zero attached hydrogens (tertiary/aromatic N) is 1. The normalized spacial score (nSPS) is 31.1. The minimum Gasteiger partial charge on any atom is -0.396 e. The summed E-state index contributed by atoms with van der Waals surface area (Å²) in [5.41, 5.74) is 2.74. The molecular weight excluding hydrogens is 414 g/mol. The van der Waals surface area contributed by atoms with E-state index in [1.165, 1.54) is 0 Å². The number of aliphatic hydroxyl groups excluding tert-OH is 1. The van der Waals surface area contributed by atoms with E-state index >= 15 is 0 Å². The number of anilines is 1. The summed E-state index contributed by atoms with van der Waals surface area (Å²) in [6.45, 7) is 4.38. The molecule has 31 heavy (non-hydrogen) atoms. The van der Waals surface area contributed by atoms with Crippen LogP contribution in [0.4, 0.5) is 5.69 Å². The second kappa shape index (κ2) is 8.47. The van der Waals surface area contributed by atoms with E-state index < -0.39 is 22.6 Å². The number of hydrogen-bond donors (Lipinski definition) is 3. The lowest BCUT2D eigenvalue weighted by Crippen LogP contribution is -2.51. The lowest BCUT2D eigenvalue weighted by Gasteiger charge is -2.34. The zero-order valence-electron chi connectivity index (χ0n) is 18.3. The fourth-order valence-electron chi connectivity index (χ4n) is 5.76. The number of nitrogens with one attached hydrogen (secondary N) is 2. The highest BCUT2D eigenvalue weighted by molar-refractivity contribution is 8.02. The van der Waals surface area contributed by atoms with Crippen molar-refractivity contribution < 1.29 is 19.5 Å². The lowest BCUT2D eigenvalue weighted by molar-refractivity contribution is -0.139. The standard InChI is InChI=1S/C23H31N3O4S/c1-13-7-6-8-14(2)18(13)25-21(29)19-23-10-9-15(31-23)16(20(28)24-3)17(23)22(30)26(19)11-4-5-12-27/h6-8,15-17,19,27H,4-5,9-12H2,1-3H3,(H,24,28)(H,25,29)/t15-,16+,17-,19?,23?/m0/s1. The molecule has 168 valence electrons. The third kappa shape index (κ3) is 3.44. The fourth-order valence-corrected chi connectivity index (χ4v) is 7.98. The van der Waals surface area contributed by atoms with Crippen molar-refractivity contribution in [1.82, 2.24) is 10.2 Å². The number of benzene rings is 1. The molecule has 3 saturated heterocycles. The van der Waals surface area contributed by atoms with Gasteiger partial charge in [-0.3, -0.25) is 14.4 Å². The molecule has 1 aromatic carbocycles. The Hall–Kier alpha value is -2.06. The highest BCUT2D eigenvalue weighted by Crippen LogP contribution is 2.66. The number of aryl methyl sites for hydroxylation is 2. The molecule has 4 rings (SSSR count). The van der Waals surface area contributed by atoms with Crippen LogP contribution in [0.1, 0.15) is 36.8 Å². The molecule has 5 atom stereocenters. The fraction of sp³-hybridized carbons (Fsp3) is 0.609. The molecule has 3 heterocycles. The van der Waals surface area contributed by atoms with Gasteiger partial charge in [-0.2, -0.15) is 0 Å². The molecule has 0 saturated carbocycles. The molecular formula is C23H31N3O4S. The number of carbonyl (C=O) groups is 3. The predicted molar refractivity (Wildman–Crippen MR) is 121 cm³/mol. The van der Waals surface area contributed by atoms with Crippen molar-refractivity contribution in [1.29, 1.82) is 0 Å². The first-order chi connectivity index (χ1) is 14.9. The van der Waals surface area contributed by atoms with Crippen LogP contribution < -0.4 is 10.6 Å². The highest BCUT2D eigenvalue weighted by Gasteiger charge is 2.73. The van der Waals surface area contributed by atoms with Gasteiger partial charge in [-0.15, -0.1) is 11.8 Å². The number of para-hydroxylation sites is 1. The van der Waals surface area contributed by atoms with Gasteiger partial charge < -0.3 is 20.6 Å². The summed E-state index contributed by atoms with van der Waals surface area (Å²) in [5.74, 6) is -1.25.